The van der Waals surface area contributed by atoms with Crippen molar-refractivity contribution in [3.63, 3.8) is 0 Å². The van der Waals surface area contributed by atoms with Gasteiger partial charge in [0.1, 0.15) is 12.1 Å². The van der Waals surface area contributed by atoms with Crippen LogP contribution in [0.25, 0.3) is 0 Å². The maximum atomic E-state index is 11.7. The van der Waals surface area contributed by atoms with Gasteiger partial charge in [-0.3, -0.25) is 39.5 Å². The summed E-state index contributed by atoms with van der Waals surface area (Å²) in [6.45, 7) is 3.65. The zero-order valence-electron chi connectivity index (χ0n) is 25.5. The van der Waals surface area contributed by atoms with Gasteiger partial charge in [0.25, 0.3) is 0 Å². The Labute approximate surface area is 294 Å². The van der Waals surface area contributed by atoms with Crippen molar-refractivity contribution in [2.45, 2.75) is 76.3 Å². The SMILES string of the molecule is NCCCCCNP(P)P.O=C(CCC(NP)C(=O)OPP)NCCCCCNP(P)P.O=C(O)CCC(NP)C(=O)OPP. The standard InChI is InChI=1S/C10H27N3O3P6.C5H17N2P3.C5H12NO4P3/c14-9(5-4-8(13-17)10(15)16-21-18)11-6-2-1-3-7-12-22(19)20;6-4-2-1-3-5-7-10(8)9;7-4(8)2-1-3(6-11)5(9)10-13-12/h8,12-13,21H,1-7,17-20H2,(H,11,14);7H,1-6,8-9H2;3,6,13H,1-2,11-12H2,(H,7,8). The third kappa shape index (κ3) is 41.1. The first-order valence-electron chi connectivity index (χ1n) is 13.9. The van der Waals surface area contributed by atoms with E-state index in [1.165, 1.54) is 12.8 Å². The first-order chi connectivity index (χ1) is 21.4. The lowest BCUT2D eigenvalue weighted by Crippen LogP contribution is -2.33. The van der Waals surface area contributed by atoms with Crippen molar-refractivity contribution in [2.24, 2.45) is 5.73 Å². The van der Waals surface area contributed by atoms with Crippen molar-refractivity contribution in [2.75, 3.05) is 26.2 Å². The topological polar surface area (TPSA) is 193 Å². The Kier molecular flexibility index (Phi) is 46.0. The van der Waals surface area contributed by atoms with E-state index in [-0.39, 0.29) is 56.6 Å². The van der Waals surface area contributed by atoms with Crippen LogP contribution in [-0.4, -0.2) is 67.2 Å². The van der Waals surface area contributed by atoms with Crippen molar-refractivity contribution < 1.29 is 33.3 Å². The summed E-state index contributed by atoms with van der Waals surface area (Å²) in [4.78, 5) is 44.6. The van der Waals surface area contributed by atoms with E-state index in [4.69, 9.17) is 19.9 Å². The molecule has 0 aromatic rings. The molecule has 0 aliphatic rings. The van der Waals surface area contributed by atoms with E-state index in [2.05, 4.69) is 98.0 Å². The van der Waals surface area contributed by atoms with E-state index >= 15 is 0 Å². The van der Waals surface area contributed by atoms with Gasteiger partial charge in [0.15, 0.2) is 0 Å². The quantitative estimate of drug-likeness (QED) is 0.0503. The van der Waals surface area contributed by atoms with Gasteiger partial charge in [-0.1, -0.05) is 85.2 Å². The minimum absolute atomic E-state index is 0.00331. The molecule has 25 heteroatoms. The highest BCUT2D eigenvalue weighted by molar-refractivity contribution is 8.42. The molecular weight excluding hydrogens is 808 g/mol. The molecule has 0 rings (SSSR count). The Morgan fingerprint density at radius 1 is 0.711 bits per heavy atom. The molecule has 13 nitrogen and oxygen atoms in total. The van der Waals surface area contributed by atoms with E-state index in [1.54, 1.807) is 0 Å². The van der Waals surface area contributed by atoms with Crippen LogP contribution < -0.4 is 31.4 Å². The minimum Gasteiger partial charge on any atom is -0.481 e. The number of hydrogen-bond donors (Lipinski definition) is 7. The number of nitrogens with one attached hydrogen (secondary N) is 5. The zero-order chi connectivity index (χ0) is 34.9. The number of carboxylic acid groups (broad SMARTS) is 1. The summed E-state index contributed by atoms with van der Waals surface area (Å²) in [6, 6.07) is -1.02. The molecule has 0 heterocycles. The monoisotopic (exact) mass is 864 g/mol. The minimum atomic E-state index is -0.925. The van der Waals surface area contributed by atoms with E-state index < -0.39 is 24.0 Å². The molecule has 0 spiro atoms. The maximum absolute atomic E-state index is 11.7. The summed E-state index contributed by atoms with van der Waals surface area (Å²) in [5.41, 5.74) is 5.35. The molecule has 45 heavy (non-hydrogen) atoms. The van der Waals surface area contributed by atoms with Crippen LogP contribution >= 0.6 is 104 Å². The van der Waals surface area contributed by atoms with Gasteiger partial charge in [0.2, 0.25) is 5.91 Å². The van der Waals surface area contributed by atoms with Crippen molar-refractivity contribution in [1.29, 1.82) is 0 Å². The van der Waals surface area contributed by atoms with E-state index in [0.29, 0.717) is 19.4 Å². The third-order valence-corrected chi connectivity index (χ3v) is 10.8. The molecule has 12 unspecified atom stereocenters. The van der Waals surface area contributed by atoms with Crippen molar-refractivity contribution in [1.82, 2.24) is 25.7 Å². The van der Waals surface area contributed by atoms with Gasteiger partial charge in [-0.2, -0.15) is 0 Å². The van der Waals surface area contributed by atoms with E-state index in [1.807, 2.05) is 0 Å². The van der Waals surface area contributed by atoms with Gasteiger partial charge in [-0.05, 0) is 73.1 Å². The Hall–Kier alpha value is 2.84. The number of hydrogen-bond acceptors (Lipinski definition) is 11. The fourth-order valence-electron chi connectivity index (χ4n) is 2.95. The molecule has 0 saturated carbocycles. The Morgan fingerprint density at radius 3 is 1.51 bits per heavy atom. The summed E-state index contributed by atoms with van der Waals surface area (Å²) >= 11 is 0. The highest BCUT2D eigenvalue weighted by Gasteiger charge is 2.19. The first-order valence-corrected chi connectivity index (χ1v) is 29.6. The number of carboxylic acids is 1. The lowest BCUT2D eigenvalue weighted by Gasteiger charge is -2.13. The van der Waals surface area contributed by atoms with Gasteiger partial charge >= 0.3 is 17.9 Å². The molecule has 0 radical (unpaired) electrons. The average molecular weight is 864 g/mol. The molecule has 0 bridgehead atoms. The van der Waals surface area contributed by atoms with Crippen LogP contribution in [0.2, 0.25) is 0 Å². The third-order valence-electron chi connectivity index (χ3n) is 5.24. The van der Waals surface area contributed by atoms with Gasteiger partial charge < -0.3 is 25.2 Å². The van der Waals surface area contributed by atoms with Crippen molar-refractivity contribution >= 4 is 128 Å². The van der Waals surface area contributed by atoms with Gasteiger partial charge in [0, 0.05) is 19.4 Å². The predicted molar refractivity (Wildman–Crippen MR) is 226 cm³/mol. The second-order valence-corrected chi connectivity index (χ2v) is 24.4. The summed E-state index contributed by atoms with van der Waals surface area (Å²) in [5.74, 6) is -1.70. The molecule has 0 aliphatic carbocycles. The van der Waals surface area contributed by atoms with Gasteiger partial charge in [0.05, 0.1) is 17.0 Å². The zero-order valence-corrected chi connectivity index (χ0v) is 38.6. The summed E-state index contributed by atoms with van der Waals surface area (Å²) in [6.07, 6.45) is 7.75. The van der Waals surface area contributed by atoms with Crippen LogP contribution in [0.4, 0.5) is 0 Å². The normalized spacial score (nSPS) is 12.4. The second-order valence-electron chi connectivity index (χ2n) is 8.88. The predicted octanol–water partition coefficient (Wildman–Crippen LogP) is 4.50. The molecule has 12 atom stereocenters. The van der Waals surface area contributed by atoms with Crippen molar-refractivity contribution in [3.8, 4) is 0 Å². The smallest absolute Gasteiger partial charge is 0.326 e. The van der Waals surface area contributed by atoms with Crippen LogP contribution in [0, 0.1) is 0 Å². The lowest BCUT2D eigenvalue weighted by molar-refractivity contribution is -0.138. The number of nitrogens with two attached hydrogens (primary N) is 1. The van der Waals surface area contributed by atoms with Crippen LogP contribution in [0.3, 0.4) is 0 Å². The molecule has 0 aromatic heterocycles. The number of carbonyl (C=O) groups is 4. The average Bonchev–Trinajstić information content (AvgIpc) is 2.97. The number of unbranched alkanes of at least 4 members (excludes halogenated alkanes) is 4. The molecule has 268 valence electrons. The molecule has 1 amide bonds. The highest BCUT2D eigenvalue weighted by atomic mass is 32.4. The maximum Gasteiger partial charge on any atom is 0.326 e. The van der Waals surface area contributed by atoms with E-state index in [0.717, 1.165) is 45.3 Å². The second kappa shape index (κ2) is 39.6. The molecule has 0 aliphatic heterocycles. The van der Waals surface area contributed by atoms with Crippen LogP contribution in [0.15, 0.2) is 0 Å². The summed E-state index contributed by atoms with van der Waals surface area (Å²) in [5, 5.41) is 23.4. The molecule has 0 saturated heterocycles. The molecule has 0 aromatic carbocycles. The fraction of sp³-hybridized carbons (Fsp3) is 0.800. The van der Waals surface area contributed by atoms with Crippen LogP contribution in [-0.2, 0) is 28.2 Å². The lowest BCUT2D eigenvalue weighted by atomic mass is 10.1. The van der Waals surface area contributed by atoms with Crippen molar-refractivity contribution in [3.05, 3.63) is 0 Å². The first kappa shape index (κ1) is 52.2. The molecule has 8 N–H and O–H groups in total. The number of amides is 1. The Morgan fingerprint density at radius 2 is 1.13 bits per heavy atom. The summed E-state index contributed by atoms with van der Waals surface area (Å²) < 4.78 is 9.63. The highest BCUT2D eigenvalue weighted by Crippen LogP contribution is 2.48. The number of carbonyl (C=O) groups excluding carboxylic acids is 3. The Balaban J connectivity index is -0.000000649. The fourth-order valence-corrected chi connectivity index (χ4v) is 7.15. The largest absolute Gasteiger partial charge is 0.481 e. The number of rotatable bonds is 25. The molecular formula is C20H56N6O7P12. The van der Waals surface area contributed by atoms with Gasteiger partial charge in [-0.25, -0.2) is 0 Å². The number of aliphatic carboxylic acids is 1. The van der Waals surface area contributed by atoms with Crippen LogP contribution in [0.5, 0.6) is 0 Å². The summed E-state index contributed by atoms with van der Waals surface area (Å²) in [7, 11) is 19.8. The Bertz CT molecular complexity index is 757. The van der Waals surface area contributed by atoms with Gasteiger partial charge in [-0.15, -0.1) is 0 Å². The molecule has 0 fully saturated rings. The van der Waals surface area contributed by atoms with E-state index in [9.17, 15) is 19.2 Å². The van der Waals surface area contributed by atoms with Crippen LogP contribution in [0.1, 0.15) is 64.2 Å².